The van der Waals surface area contributed by atoms with Gasteiger partial charge in [0.05, 0.1) is 6.10 Å². The molecule has 20 heavy (non-hydrogen) atoms. The lowest BCUT2D eigenvalue weighted by Gasteiger charge is -2.30. The Labute approximate surface area is 119 Å². The molecule has 0 saturated carbocycles. The molecule has 3 N–H and O–H groups in total. The van der Waals surface area contributed by atoms with Crippen LogP contribution >= 0.6 is 0 Å². The third-order valence-electron chi connectivity index (χ3n) is 4.25. The first-order chi connectivity index (χ1) is 9.65. The van der Waals surface area contributed by atoms with Crippen molar-refractivity contribution in [2.24, 2.45) is 5.92 Å². The van der Waals surface area contributed by atoms with Crippen LogP contribution in [0.3, 0.4) is 0 Å². The van der Waals surface area contributed by atoms with E-state index in [1.165, 1.54) is 0 Å². The second kappa shape index (κ2) is 5.42. The number of aliphatic hydroxyl groups excluding tert-OH is 1. The third-order valence-corrected chi connectivity index (χ3v) is 4.25. The SMILES string of the molecule is CN1Cc2cc(C(O)C3CCCNC3)ccc2NC1=O. The van der Waals surface area contributed by atoms with Crippen LogP contribution in [0.2, 0.25) is 0 Å². The van der Waals surface area contributed by atoms with Crippen molar-refractivity contribution in [1.29, 1.82) is 0 Å². The van der Waals surface area contributed by atoms with Crippen molar-refractivity contribution in [3.05, 3.63) is 29.3 Å². The molecule has 0 aromatic heterocycles. The highest BCUT2D eigenvalue weighted by Crippen LogP contribution is 2.31. The van der Waals surface area contributed by atoms with Crippen LogP contribution in [-0.2, 0) is 6.54 Å². The van der Waals surface area contributed by atoms with Gasteiger partial charge in [-0.05, 0) is 42.6 Å². The predicted octanol–water partition coefficient (Wildman–Crippen LogP) is 1.70. The van der Waals surface area contributed by atoms with Gasteiger partial charge in [-0.3, -0.25) is 0 Å². The highest BCUT2D eigenvalue weighted by Gasteiger charge is 2.25. The Kier molecular flexibility index (Phi) is 3.63. The Hall–Kier alpha value is -1.59. The van der Waals surface area contributed by atoms with Crippen molar-refractivity contribution in [3.63, 3.8) is 0 Å². The molecule has 108 valence electrons. The zero-order valence-corrected chi connectivity index (χ0v) is 11.7. The lowest BCUT2D eigenvalue weighted by atomic mass is 9.88. The summed E-state index contributed by atoms with van der Waals surface area (Å²) in [5.41, 5.74) is 2.86. The van der Waals surface area contributed by atoms with Crippen molar-refractivity contribution in [2.75, 3.05) is 25.5 Å². The number of aliphatic hydroxyl groups is 1. The van der Waals surface area contributed by atoms with E-state index in [0.717, 1.165) is 42.7 Å². The van der Waals surface area contributed by atoms with Gasteiger partial charge >= 0.3 is 6.03 Å². The number of nitrogens with zero attached hydrogens (tertiary/aromatic N) is 1. The fraction of sp³-hybridized carbons (Fsp3) is 0.533. The molecule has 0 bridgehead atoms. The molecule has 1 aromatic carbocycles. The number of hydrogen-bond acceptors (Lipinski definition) is 3. The van der Waals surface area contributed by atoms with Crippen LogP contribution in [0.1, 0.15) is 30.1 Å². The van der Waals surface area contributed by atoms with Gasteiger partial charge in [0, 0.05) is 31.7 Å². The van der Waals surface area contributed by atoms with Gasteiger partial charge in [0.15, 0.2) is 0 Å². The summed E-state index contributed by atoms with van der Waals surface area (Å²) in [6.07, 6.45) is 1.74. The van der Waals surface area contributed by atoms with E-state index in [2.05, 4.69) is 10.6 Å². The zero-order chi connectivity index (χ0) is 14.1. The molecule has 0 radical (unpaired) electrons. The summed E-state index contributed by atoms with van der Waals surface area (Å²) < 4.78 is 0. The first-order valence-corrected chi connectivity index (χ1v) is 7.19. The molecule has 3 rings (SSSR count). The van der Waals surface area contributed by atoms with Crippen molar-refractivity contribution < 1.29 is 9.90 Å². The van der Waals surface area contributed by atoms with Crippen LogP contribution in [0.15, 0.2) is 18.2 Å². The van der Waals surface area contributed by atoms with Gasteiger partial charge in [-0.2, -0.15) is 0 Å². The Morgan fingerprint density at radius 1 is 1.45 bits per heavy atom. The second-order valence-electron chi connectivity index (χ2n) is 5.75. The molecule has 0 spiro atoms. The molecule has 1 fully saturated rings. The molecular formula is C15H21N3O2. The quantitative estimate of drug-likeness (QED) is 0.769. The van der Waals surface area contributed by atoms with Crippen molar-refractivity contribution >= 4 is 11.7 Å². The van der Waals surface area contributed by atoms with E-state index in [1.807, 2.05) is 18.2 Å². The van der Waals surface area contributed by atoms with E-state index >= 15 is 0 Å². The van der Waals surface area contributed by atoms with E-state index in [-0.39, 0.29) is 11.9 Å². The molecule has 2 heterocycles. The first-order valence-electron chi connectivity index (χ1n) is 7.19. The van der Waals surface area contributed by atoms with E-state index in [4.69, 9.17) is 0 Å². The van der Waals surface area contributed by atoms with Crippen LogP contribution in [0.25, 0.3) is 0 Å². The maximum Gasteiger partial charge on any atom is 0.321 e. The number of fused-ring (bicyclic) bond motifs is 1. The molecule has 2 amide bonds. The number of carbonyl (C=O) groups is 1. The third kappa shape index (κ3) is 2.51. The van der Waals surface area contributed by atoms with Crippen molar-refractivity contribution in [3.8, 4) is 0 Å². The summed E-state index contributed by atoms with van der Waals surface area (Å²) in [7, 11) is 1.77. The lowest BCUT2D eigenvalue weighted by Crippen LogP contribution is -2.36. The van der Waals surface area contributed by atoms with Gasteiger partial charge in [-0.1, -0.05) is 6.07 Å². The lowest BCUT2D eigenvalue weighted by molar-refractivity contribution is 0.0921. The van der Waals surface area contributed by atoms with E-state index in [1.54, 1.807) is 11.9 Å². The van der Waals surface area contributed by atoms with Crippen LogP contribution in [0.5, 0.6) is 0 Å². The van der Waals surface area contributed by atoms with Crippen molar-refractivity contribution in [1.82, 2.24) is 10.2 Å². The van der Waals surface area contributed by atoms with Gasteiger partial charge in [0.25, 0.3) is 0 Å². The number of anilines is 1. The summed E-state index contributed by atoms with van der Waals surface area (Å²) in [6.45, 7) is 2.50. The van der Waals surface area contributed by atoms with Gasteiger partial charge in [-0.15, -0.1) is 0 Å². The topological polar surface area (TPSA) is 64.6 Å². The number of urea groups is 1. The van der Waals surface area contributed by atoms with Gasteiger partial charge < -0.3 is 20.6 Å². The Morgan fingerprint density at radius 3 is 3.05 bits per heavy atom. The largest absolute Gasteiger partial charge is 0.388 e. The summed E-state index contributed by atoms with van der Waals surface area (Å²) in [6, 6.07) is 5.76. The molecular weight excluding hydrogens is 254 g/mol. The fourth-order valence-electron chi connectivity index (χ4n) is 3.01. The molecule has 2 unspecified atom stereocenters. The first kappa shape index (κ1) is 13.4. The standard InChI is InChI=1S/C15H21N3O2/c1-18-9-12-7-10(4-5-13(12)17-15(18)20)14(19)11-3-2-6-16-8-11/h4-5,7,11,14,16,19H,2-3,6,8-9H2,1H3,(H,17,20). The molecule has 1 saturated heterocycles. The average Bonchev–Trinajstić information content (AvgIpc) is 2.48. The molecule has 2 aliphatic rings. The van der Waals surface area contributed by atoms with E-state index < -0.39 is 6.10 Å². The highest BCUT2D eigenvalue weighted by molar-refractivity contribution is 5.92. The van der Waals surface area contributed by atoms with Crippen molar-refractivity contribution in [2.45, 2.75) is 25.5 Å². The monoisotopic (exact) mass is 275 g/mol. The fourth-order valence-corrected chi connectivity index (χ4v) is 3.01. The second-order valence-corrected chi connectivity index (χ2v) is 5.75. The molecule has 0 aliphatic carbocycles. The predicted molar refractivity (Wildman–Crippen MR) is 77.5 cm³/mol. The average molecular weight is 275 g/mol. The molecule has 5 nitrogen and oxygen atoms in total. The highest BCUT2D eigenvalue weighted by atomic mass is 16.3. The molecule has 1 aromatic rings. The molecule has 5 heteroatoms. The number of piperidine rings is 1. The number of benzene rings is 1. The van der Waals surface area contributed by atoms with E-state index in [9.17, 15) is 9.90 Å². The van der Waals surface area contributed by atoms with Crippen LogP contribution in [0.4, 0.5) is 10.5 Å². The summed E-state index contributed by atoms with van der Waals surface area (Å²) >= 11 is 0. The minimum Gasteiger partial charge on any atom is -0.388 e. The number of amides is 2. The maximum absolute atomic E-state index is 11.6. The number of hydrogen-bond donors (Lipinski definition) is 3. The Morgan fingerprint density at radius 2 is 2.30 bits per heavy atom. The minimum absolute atomic E-state index is 0.0812. The van der Waals surface area contributed by atoms with Gasteiger partial charge in [0.2, 0.25) is 0 Å². The van der Waals surface area contributed by atoms with Crippen LogP contribution < -0.4 is 10.6 Å². The van der Waals surface area contributed by atoms with Gasteiger partial charge in [0.1, 0.15) is 0 Å². The van der Waals surface area contributed by atoms with Crippen LogP contribution in [-0.4, -0.2) is 36.2 Å². The van der Waals surface area contributed by atoms with Crippen LogP contribution in [0, 0.1) is 5.92 Å². The number of rotatable bonds is 2. The molecule has 2 atom stereocenters. The maximum atomic E-state index is 11.6. The van der Waals surface area contributed by atoms with Gasteiger partial charge in [-0.25, -0.2) is 4.79 Å². The van der Waals surface area contributed by atoms with E-state index in [0.29, 0.717) is 6.54 Å². The summed E-state index contributed by atoms with van der Waals surface area (Å²) in [4.78, 5) is 13.2. The number of nitrogens with one attached hydrogen (secondary N) is 2. The summed E-state index contributed by atoms with van der Waals surface area (Å²) in [5, 5.41) is 16.7. The molecule has 2 aliphatic heterocycles. The Bertz CT molecular complexity index is 512. The minimum atomic E-state index is -0.434. The zero-order valence-electron chi connectivity index (χ0n) is 11.7. The number of carbonyl (C=O) groups excluding carboxylic acids is 1. The normalized spacial score (nSPS) is 24.0. The Balaban J connectivity index is 1.81. The smallest absolute Gasteiger partial charge is 0.321 e. The summed E-state index contributed by atoms with van der Waals surface area (Å²) in [5.74, 6) is 0.276.